The maximum Gasteiger partial charge on any atom is 0.254 e. The molecule has 0 N–H and O–H groups in total. The Bertz CT molecular complexity index is 835. The van der Waals surface area contributed by atoms with Crippen LogP contribution in [0.15, 0.2) is 46.9 Å². The normalized spacial score (nSPS) is 17.4. The van der Waals surface area contributed by atoms with Crippen LogP contribution in [0, 0.1) is 6.92 Å². The molecular weight excluding hydrogens is 396 g/mol. The van der Waals surface area contributed by atoms with E-state index in [0.29, 0.717) is 24.4 Å². The highest BCUT2D eigenvalue weighted by Crippen LogP contribution is 2.31. The Morgan fingerprint density at radius 2 is 1.85 bits per heavy atom. The van der Waals surface area contributed by atoms with Crippen LogP contribution in [0.4, 0.5) is 5.69 Å². The first-order valence-electron chi connectivity index (χ1n) is 8.45. The van der Waals surface area contributed by atoms with Gasteiger partial charge in [0.25, 0.3) is 5.91 Å². The molecule has 2 aromatic carbocycles. The zero-order valence-corrected chi connectivity index (χ0v) is 16.6. The number of carbonyl (C=O) groups is 2. The number of rotatable bonds is 3. The maximum atomic E-state index is 13.0. The van der Waals surface area contributed by atoms with Crippen molar-refractivity contribution >= 4 is 33.4 Å². The summed E-state index contributed by atoms with van der Waals surface area (Å²) >= 11 is 3.37. The smallest absolute Gasteiger partial charge is 0.254 e. The third-order valence-corrected chi connectivity index (χ3v) is 5.16. The van der Waals surface area contributed by atoms with E-state index in [0.717, 1.165) is 15.7 Å². The Labute approximate surface area is 161 Å². The van der Waals surface area contributed by atoms with Gasteiger partial charge in [-0.05, 0) is 55.8 Å². The molecular formula is C20H21BrN2O3. The zero-order valence-electron chi connectivity index (χ0n) is 15.0. The second-order valence-corrected chi connectivity index (χ2v) is 7.26. The lowest BCUT2D eigenvalue weighted by atomic mass is 10.1. The van der Waals surface area contributed by atoms with Crippen LogP contribution in [0.2, 0.25) is 0 Å². The van der Waals surface area contributed by atoms with Crippen LogP contribution < -0.4 is 9.64 Å². The minimum absolute atomic E-state index is 0.106. The summed E-state index contributed by atoms with van der Waals surface area (Å²) in [5, 5.41) is 0. The number of hydrogen-bond donors (Lipinski definition) is 0. The Kier molecular flexibility index (Phi) is 5.32. The number of anilines is 1. The molecule has 0 aliphatic carbocycles. The van der Waals surface area contributed by atoms with E-state index in [1.165, 1.54) is 0 Å². The van der Waals surface area contributed by atoms with Crippen LogP contribution in [-0.4, -0.2) is 43.0 Å². The fraction of sp³-hybridized carbons (Fsp3) is 0.300. The van der Waals surface area contributed by atoms with Crippen LogP contribution in [0.25, 0.3) is 0 Å². The number of methoxy groups -OCH3 is 1. The number of ether oxygens (including phenoxy) is 1. The molecule has 5 nitrogen and oxygen atoms in total. The van der Waals surface area contributed by atoms with E-state index >= 15 is 0 Å². The van der Waals surface area contributed by atoms with Crippen LogP contribution in [0.1, 0.15) is 22.8 Å². The highest BCUT2D eigenvalue weighted by Gasteiger charge is 2.36. The summed E-state index contributed by atoms with van der Waals surface area (Å²) in [6.07, 6.45) is 0. The van der Waals surface area contributed by atoms with Crippen molar-refractivity contribution in [2.45, 2.75) is 19.9 Å². The molecule has 0 bridgehead atoms. The standard InChI is InChI=1S/C20H21BrN2O3/c1-13-4-9-18(26-3)17(12-13)23-11-10-22(14(2)19(23)24)20(25)15-5-7-16(21)8-6-15/h4-9,12,14H,10-11H2,1-3H3. The van der Waals surface area contributed by atoms with E-state index in [-0.39, 0.29) is 11.8 Å². The van der Waals surface area contributed by atoms with E-state index in [4.69, 9.17) is 4.74 Å². The monoisotopic (exact) mass is 416 g/mol. The number of halogens is 1. The Morgan fingerprint density at radius 1 is 1.15 bits per heavy atom. The van der Waals surface area contributed by atoms with Gasteiger partial charge in [0.15, 0.2) is 0 Å². The molecule has 1 heterocycles. The molecule has 2 amide bonds. The minimum Gasteiger partial charge on any atom is -0.495 e. The van der Waals surface area contributed by atoms with Crippen molar-refractivity contribution in [3.63, 3.8) is 0 Å². The molecule has 2 aromatic rings. The van der Waals surface area contributed by atoms with Gasteiger partial charge in [0.2, 0.25) is 5.91 Å². The van der Waals surface area contributed by atoms with E-state index in [1.54, 1.807) is 36.0 Å². The van der Waals surface area contributed by atoms with Gasteiger partial charge in [-0.15, -0.1) is 0 Å². The summed E-state index contributed by atoms with van der Waals surface area (Å²) < 4.78 is 6.32. The fourth-order valence-corrected chi connectivity index (χ4v) is 3.42. The molecule has 1 aliphatic heterocycles. The number of hydrogen-bond acceptors (Lipinski definition) is 3. The molecule has 26 heavy (non-hydrogen) atoms. The Balaban J connectivity index is 1.84. The zero-order chi connectivity index (χ0) is 18.8. The third kappa shape index (κ3) is 3.46. The summed E-state index contributed by atoms with van der Waals surface area (Å²) in [6.45, 7) is 4.65. The first kappa shape index (κ1) is 18.5. The van der Waals surface area contributed by atoms with Crippen LogP contribution in [0.3, 0.4) is 0 Å². The van der Waals surface area contributed by atoms with Gasteiger partial charge in [0.1, 0.15) is 11.8 Å². The number of carbonyl (C=O) groups excluding carboxylic acids is 2. The molecule has 0 saturated carbocycles. The van der Waals surface area contributed by atoms with E-state index in [9.17, 15) is 9.59 Å². The van der Waals surface area contributed by atoms with Gasteiger partial charge in [-0.2, -0.15) is 0 Å². The van der Waals surface area contributed by atoms with E-state index in [1.807, 2.05) is 37.3 Å². The summed E-state index contributed by atoms with van der Waals surface area (Å²) in [4.78, 5) is 29.1. The average molecular weight is 417 g/mol. The van der Waals surface area contributed by atoms with Crippen molar-refractivity contribution in [2.24, 2.45) is 0 Å². The highest BCUT2D eigenvalue weighted by atomic mass is 79.9. The molecule has 6 heteroatoms. The lowest BCUT2D eigenvalue weighted by Crippen LogP contribution is -2.57. The molecule has 136 valence electrons. The SMILES string of the molecule is COc1ccc(C)cc1N1CCN(C(=O)c2ccc(Br)cc2)C(C)C1=O. The van der Waals surface area contributed by atoms with Crippen LogP contribution >= 0.6 is 15.9 Å². The van der Waals surface area contributed by atoms with E-state index in [2.05, 4.69) is 15.9 Å². The summed E-state index contributed by atoms with van der Waals surface area (Å²) in [5.41, 5.74) is 2.38. The summed E-state index contributed by atoms with van der Waals surface area (Å²) in [6, 6.07) is 12.4. The third-order valence-electron chi connectivity index (χ3n) is 4.63. The fourth-order valence-electron chi connectivity index (χ4n) is 3.16. The number of piperazine rings is 1. The first-order valence-corrected chi connectivity index (χ1v) is 9.24. The van der Waals surface area contributed by atoms with Crippen molar-refractivity contribution in [1.29, 1.82) is 0 Å². The number of amides is 2. The van der Waals surface area contributed by atoms with Gasteiger partial charge in [-0.25, -0.2) is 0 Å². The Morgan fingerprint density at radius 3 is 2.50 bits per heavy atom. The first-order chi connectivity index (χ1) is 12.4. The van der Waals surface area contributed by atoms with Gasteiger partial charge >= 0.3 is 0 Å². The van der Waals surface area contributed by atoms with Crippen LogP contribution in [-0.2, 0) is 4.79 Å². The lowest BCUT2D eigenvalue weighted by Gasteiger charge is -2.39. The molecule has 0 aromatic heterocycles. The van der Waals surface area contributed by atoms with E-state index < -0.39 is 6.04 Å². The highest BCUT2D eigenvalue weighted by molar-refractivity contribution is 9.10. The van der Waals surface area contributed by atoms with Crippen molar-refractivity contribution in [3.8, 4) is 5.75 Å². The predicted molar refractivity (Wildman–Crippen MR) is 105 cm³/mol. The van der Waals surface area contributed by atoms with Gasteiger partial charge in [-0.3, -0.25) is 9.59 Å². The number of aryl methyl sites for hydroxylation is 1. The van der Waals surface area contributed by atoms with Crippen molar-refractivity contribution in [1.82, 2.24) is 4.90 Å². The Hall–Kier alpha value is -2.34. The topological polar surface area (TPSA) is 49.9 Å². The van der Waals surface area contributed by atoms with Crippen molar-refractivity contribution in [3.05, 3.63) is 58.1 Å². The van der Waals surface area contributed by atoms with Gasteiger partial charge in [-0.1, -0.05) is 22.0 Å². The quantitative estimate of drug-likeness (QED) is 0.766. The molecule has 1 aliphatic rings. The lowest BCUT2D eigenvalue weighted by molar-refractivity contribution is -0.124. The average Bonchev–Trinajstić information content (AvgIpc) is 2.64. The van der Waals surface area contributed by atoms with Crippen LogP contribution in [0.5, 0.6) is 5.75 Å². The van der Waals surface area contributed by atoms with Gasteiger partial charge < -0.3 is 14.5 Å². The molecule has 3 rings (SSSR count). The second kappa shape index (κ2) is 7.50. The number of benzene rings is 2. The summed E-state index contributed by atoms with van der Waals surface area (Å²) in [5.74, 6) is 0.420. The summed E-state index contributed by atoms with van der Waals surface area (Å²) in [7, 11) is 1.59. The minimum atomic E-state index is -0.537. The second-order valence-electron chi connectivity index (χ2n) is 6.35. The number of nitrogens with zero attached hydrogens (tertiary/aromatic N) is 2. The van der Waals surface area contributed by atoms with Crippen molar-refractivity contribution in [2.75, 3.05) is 25.1 Å². The molecule has 1 saturated heterocycles. The predicted octanol–water partition coefficient (Wildman–Crippen LogP) is 3.64. The molecule has 1 fully saturated rings. The maximum absolute atomic E-state index is 13.0. The molecule has 0 radical (unpaired) electrons. The molecule has 0 spiro atoms. The van der Waals surface area contributed by atoms with Gasteiger partial charge in [0.05, 0.1) is 12.8 Å². The van der Waals surface area contributed by atoms with Crippen molar-refractivity contribution < 1.29 is 14.3 Å². The molecule has 1 atom stereocenters. The largest absolute Gasteiger partial charge is 0.495 e. The van der Waals surface area contributed by atoms with Gasteiger partial charge in [0, 0.05) is 23.1 Å². The molecule has 1 unspecified atom stereocenters.